The molecule has 1 aliphatic carbocycles. The van der Waals surface area contributed by atoms with E-state index in [0.717, 1.165) is 31.8 Å². The zero-order valence-electron chi connectivity index (χ0n) is 12.7. The molecular weight excluding hydrogens is 268 g/mol. The summed E-state index contributed by atoms with van der Waals surface area (Å²) in [7, 11) is 0. The average molecular weight is 298 g/mol. The highest BCUT2D eigenvalue weighted by Gasteiger charge is 2.41. The molecule has 1 atom stereocenters. The topological polar surface area (TPSA) is 38.5 Å². The summed E-state index contributed by atoms with van der Waals surface area (Å²) in [5.74, 6) is 2.57. The Bertz CT molecular complexity index is 295. The van der Waals surface area contributed by atoms with Crippen LogP contribution in [0.1, 0.15) is 51.4 Å². The number of ether oxygens (including phenoxy) is 1. The van der Waals surface area contributed by atoms with Gasteiger partial charge >= 0.3 is 0 Å². The van der Waals surface area contributed by atoms with Crippen molar-refractivity contribution in [3.63, 3.8) is 0 Å². The molecule has 3 nitrogen and oxygen atoms in total. The van der Waals surface area contributed by atoms with E-state index in [1.807, 2.05) is 0 Å². The normalized spacial score (nSPS) is 31.2. The predicted octanol–water partition coefficient (Wildman–Crippen LogP) is 2.63. The third-order valence-corrected chi connectivity index (χ3v) is 6.51. The van der Waals surface area contributed by atoms with Crippen LogP contribution in [0.4, 0.5) is 0 Å². The van der Waals surface area contributed by atoms with Gasteiger partial charge < -0.3 is 10.5 Å². The Labute approximate surface area is 128 Å². The van der Waals surface area contributed by atoms with Gasteiger partial charge in [-0.05, 0) is 50.0 Å². The first-order valence-electron chi connectivity index (χ1n) is 8.50. The van der Waals surface area contributed by atoms with E-state index in [-0.39, 0.29) is 5.60 Å². The number of nitrogens with zero attached hydrogens (tertiary/aromatic N) is 1. The Hall–Kier alpha value is 0.230. The maximum absolute atomic E-state index is 6.26. The van der Waals surface area contributed by atoms with Gasteiger partial charge in [-0.3, -0.25) is 4.90 Å². The van der Waals surface area contributed by atoms with Crippen molar-refractivity contribution in [3.05, 3.63) is 0 Å². The second-order valence-electron chi connectivity index (χ2n) is 6.76. The minimum absolute atomic E-state index is 0.208. The van der Waals surface area contributed by atoms with Gasteiger partial charge in [0.2, 0.25) is 0 Å². The van der Waals surface area contributed by atoms with Crippen molar-refractivity contribution in [1.29, 1.82) is 0 Å². The minimum atomic E-state index is 0.208. The Morgan fingerprint density at radius 1 is 1.10 bits per heavy atom. The molecule has 0 aromatic rings. The van der Waals surface area contributed by atoms with E-state index < -0.39 is 0 Å². The van der Waals surface area contributed by atoms with E-state index in [2.05, 4.69) is 16.7 Å². The van der Waals surface area contributed by atoms with Crippen molar-refractivity contribution in [2.24, 2.45) is 5.73 Å². The Kier molecular flexibility index (Phi) is 5.29. The van der Waals surface area contributed by atoms with E-state index in [9.17, 15) is 0 Å². The molecule has 0 aromatic carbocycles. The molecular formula is C16H30N2OS. The van der Waals surface area contributed by atoms with E-state index in [1.54, 1.807) is 0 Å². The fraction of sp³-hybridized carbons (Fsp3) is 1.00. The minimum Gasteiger partial charge on any atom is -0.375 e. The quantitative estimate of drug-likeness (QED) is 0.866. The third-order valence-electron chi connectivity index (χ3n) is 5.52. The van der Waals surface area contributed by atoms with Gasteiger partial charge in [-0.15, -0.1) is 0 Å². The molecule has 2 aliphatic heterocycles. The van der Waals surface area contributed by atoms with Gasteiger partial charge in [-0.25, -0.2) is 0 Å². The van der Waals surface area contributed by atoms with Gasteiger partial charge in [0.1, 0.15) is 0 Å². The van der Waals surface area contributed by atoms with Crippen molar-refractivity contribution in [1.82, 2.24) is 4.90 Å². The summed E-state index contributed by atoms with van der Waals surface area (Å²) in [5.41, 5.74) is 6.11. The maximum Gasteiger partial charge on any atom is 0.0713 e. The number of rotatable bonds is 4. The first-order chi connectivity index (χ1) is 9.83. The predicted molar refractivity (Wildman–Crippen MR) is 86.3 cm³/mol. The standard InChI is InChI=1S/C16H30N2OS/c17-8-9-18(14-3-1-2-4-14)15-5-10-19-16(13-15)6-11-20-12-7-16/h14-15H,1-13,17H2. The summed E-state index contributed by atoms with van der Waals surface area (Å²) in [6, 6.07) is 1.52. The van der Waals surface area contributed by atoms with Gasteiger partial charge in [0.15, 0.2) is 0 Å². The highest BCUT2D eigenvalue weighted by molar-refractivity contribution is 7.99. The van der Waals surface area contributed by atoms with Crippen LogP contribution >= 0.6 is 11.8 Å². The summed E-state index contributed by atoms with van der Waals surface area (Å²) >= 11 is 2.09. The Morgan fingerprint density at radius 2 is 1.85 bits per heavy atom. The lowest BCUT2D eigenvalue weighted by Gasteiger charge is -2.48. The molecule has 2 heterocycles. The summed E-state index contributed by atoms with van der Waals surface area (Å²) in [5, 5.41) is 0. The number of hydrogen-bond donors (Lipinski definition) is 1. The summed E-state index contributed by atoms with van der Waals surface area (Å²) < 4.78 is 6.26. The van der Waals surface area contributed by atoms with Crippen molar-refractivity contribution in [3.8, 4) is 0 Å². The Balaban J connectivity index is 1.66. The van der Waals surface area contributed by atoms with Gasteiger partial charge in [0.25, 0.3) is 0 Å². The first-order valence-corrected chi connectivity index (χ1v) is 9.66. The van der Waals surface area contributed by atoms with Gasteiger partial charge in [-0.2, -0.15) is 11.8 Å². The molecule has 2 saturated heterocycles. The summed E-state index contributed by atoms with van der Waals surface area (Å²) in [6.45, 7) is 2.85. The molecule has 0 aromatic heterocycles. The Morgan fingerprint density at radius 3 is 2.55 bits per heavy atom. The van der Waals surface area contributed by atoms with Crippen LogP contribution < -0.4 is 5.73 Å². The van der Waals surface area contributed by atoms with Crippen LogP contribution in [0.25, 0.3) is 0 Å². The van der Waals surface area contributed by atoms with Gasteiger partial charge in [0.05, 0.1) is 5.60 Å². The van der Waals surface area contributed by atoms with Gasteiger partial charge in [-0.1, -0.05) is 12.8 Å². The van der Waals surface area contributed by atoms with Crippen LogP contribution in [0.5, 0.6) is 0 Å². The molecule has 4 heteroatoms. The lowest BCUT2D eigenvalue weighted by molar-refractivity contribution is -0.114. The van der Waals surface area contributed by atoms with Crippen LogP contribution in [0, 0.1) is 0 Å². The molecule has 0 radical (unpaired) electrons. The highest BCUT2D eigenvalue weighted by atomic mass is 32.2. The summed E-state index contributed by atoms with van der Waals surface area (Å²) in [4.78, 5) is 2.76. The van der Waals surface area contributed by atoms with E-state index in [0.29, 0.717) is 0 Å². The average Bonchev–Trinajstić information content (AvgIpc) is 2.99. The molecule has 1 unspecified atom stereocenters. The van der Waals surface area contributed by atoms with Crippen LogP contribution in [0.15, 0.2) is 0 Å². The van der Waals surface area contributed by atoms with E-state index in [1.165, 1.54) is 62.9 Å². The van der Waals surface area contributed by atoms with Crippen molar-refractivity contribution in [2.75, 3.05) is 31.2 Å². The molecule has 0 amide bonds. The fourth-order valence-corrected chi connectivity index (χ4v) is 5.66. The zero-order chi connectivity index (χ0) is 13.8. The third kappa shape index (κ3) is 3.34. The van der Waals surface area contributed by atoms with E-state index >= 15 is 0 Å². The molecule has 3 aliphatic rings. The second-order valence-corrected chi connectivity index (χ2v) is 7.98. The van der Waals surface area contributed by atoms with Crippen molar-refractivity contribution >= 4 is 11.8 Å². The molecule has 20 heavy (non-hydrogen) atoms. The van der Waals surface area contributed by atoms with Gasteiger partial charge in [0, 0.05) is 31.8 Å². The van der Waals surface area contributed by atoms with Crippen LogP contribution in [0.3, 0.4) is 0 Å². The molecule has 1 spiro atoms. The lowest BCUT2D eigenvalue weighted by Crippen LogP contribution is -2.53. The molecule has 3 rings (SSSR count). The second kappa shape index (κ2) is 6.99. The number of thioether (sulfide) groups is 1. The smallest absolute Gasteiger partial charge is 0.0713 e. The lowest BCUT2D eigenvalue weighted by atomic mass is 9.84. The highest BCUT2D eigenvalue weighted by Crippen LogP contribution is 2.40. The first kappa shape index (κ1) is 15.1. The molecule has 116 valence electrons. The van der Waals surface area contributed by atoms with Crippen LogP contribution in [-0.2, 0) is 4.74 Å². The SMILES string of the molecule is NCCN(C1CCCC1)C1CCOC2(CCSCC2)C1. The van der Waals surface area contributed by atoms with Crippen molar-refractivity contribution < 1.29 is 4.74 Å². The molecule has 1 saturated carbocycles. The monoisotopic (exact) mass is 298 g/mol. The number of hydrogen-bond acceptors (Lipinski definition) is 4. The largest absolute Gasteiger partial charge is 0.375 e. The number of nitrogens with two attached hydrogens (primary N) is 1. The maximum atomic E-state index is 6.26. The van der Waals surface area contributed by atoms with E-state index in [4.69, 9.17) is 10.5 Å². The fourth-order valence-electron chi connectivity index (χ4n) is 4.43. The van der Waals surface area contributed by atoms with Crippen LogP contribution in [0.2, 0.25) is 0 Å². The van der Waals surface area contributed by atoms with Crippen molar-refractivity contribution in [2.45, 2.75) is 69.1 Å². The van der Waals surface area contributed by atoms with Crippen LogP contribution in [-0.4, -0.2) is 53.8 Å². The molecule has 3 fully saturated rings. The molecule has 2 N–H and O–H groups in total. The zero-order valence-corrected chi connectivity index (χ0v) is 13.5. The molecule has 0 bridgehead atoms. The summed E-state index contributed by atoms with van der Waals surface area (Å²) in [6.07, 6.45) is 10.6.